The molecule has 0 aliphatic carbocycles. The SMILES string of the molecule is COc1cnc(NCC(C)(C)CCO)nc1. The second kappa shape index (κ2) is 5.65. The Bertz CT molecular complexity index is 312. The quantitative estimate of drug-likeness (QED) is 0.764. The van der Waals surface area contributed by atoms with E-state index in [0.29, 0.717) is 11.7 Å². The van der Waals surface area contributed by atoms with Crippen molar-refractivity contribution in [2.45, 2.75) is 20.3 Å². The molecule has 0 atom stereocenters. The zero-order valence-electron chi connectivity index (χ0n) is 10.0. The number of hydrogen-bond donors (Lipinski definition) is 2. The van der Waals surface area contributed by atoms with Gasteiger partial charge in [-0.3, -0.25) is 0 Å². The highest BCUT2D eigenvalue weighted by Crippen LogP contribution is 2.19. The molecule has 0 radical (unpaired) electrons. The van der Waals surface area contributed by atoms with E-state index in [1.807, 2.05) is 0 Å². The summed E-state index contributed by atoms with van der Waals surface area (Å²) in [6.45, 7) is 5.08. The van der Waals surface area contributed by atoms with E-state index < -0.39 is 0 Å². The predicted octanol–water partition coefficient (Wildman–Crippen LogP) is 1.31. The summed E-state index contributed by atoms with van der Waals surface area (Å²) in [5.74, 6) is 1.21. The standard InChI is InChI=1S/C11H19N3O2/c1-11(2,4-5-15)8-14-10-12-6-9(16-3)7-13-10/h6-7,15H,4-5,8H2,1-3H3,(H,12,13,14). The van der Waals surface area contributed by atoms with Crippen molar-refractivity contribution in [1.82, 2.24) is 9.97 Å². The molecule has 0 aromatic carbocycles. The molecule has 0 fully saturated rings. The number of aromatic nitrogens is 2. The number of rotatable bonds is 6. The van der Waals surface area contributed by atoms with Gasteiger partial charge in [-0.15, -0.1) is 0 Å². The summed E-state index contributed by atoms with van der Waals surface area (Å²) >= 11 is 0. The number of nitrogens with zero attached hydrogens (tertiary/aromatic N) is 2. The largest absolute Gasteiger partial charge is 0.494 e. The van der Waals surface area contributed by atoms with Crippen molar-refractivity contribution in [2.24, 2.45) is 5.41 Å². The van der Waals surface area contributed by atoms with Crippen LogP contribution in [0, 0.1) is 5.41 Å². The third-order valence-electron chi connectivity index (χ3n) is 2.38. The fourth-order valence-electron chi connectivity index (χ4n) is 1.22. The van der Waals surface area contributed by atoms with Gasteiger partial charge in [-0.2, -0.15) is 0 Å². The van der Waals surface area contributed by atoms with Crippen molar-refractivity contribution in [2.75, 3.05) is 25.6 Å². The maximum Gasteiger partial charge on any atom is 0.222 e. The van der Waals surface area contributed by atoms with E-state index in [1.54, 1.807) is 19.5 Å². The Morgan fingerprint density at radius 1 is 1.38 bits per heavy atom. The molecule has 0 saturated carbocycles. The van der Waals surface area contributed by atoms with E-state index in [2.05, 4.69) is 29.1 Å². The van der Waals surface area contributed by atoms with Crippen LogP contribution >= 0.6 is 0 Å². The maximum atomic E-state index is 8.89. The van der Waals surface area contributed by atoms with Crippen LogP contribution in [0.4, 0.5) is 5.95 Å². The molecular formula is C11H19N3O2. The van der Waals surface area contributed by atoms with Crippen LogP contribution in [0.5, 0.6) is 5.75 Å². The number of methoxy groups -OCH3 is 1. The Morgan fingerprint density at radius 3 is 2.50 bits per heavy atom. The topological polar surface area (TPSA) is 67.3 Å². The highest BCUT2D eigenvalue weighted by Gasteiger charge is 2.17. The fraction of sp³-hybridized carbons (Fsp3) is 0.636. The van der Waals surface area contributed by atoms with Crippen LogP contribution in [-0.4, -0.2) is 35.3 Å². The molecule has 0 saturated heterocycles. The van der Waals surface area contributed by atoms with E-state index in [-0.39, 0.29) is 12.0 Å². The van der Waals surface area contributed by atoms with Crippen molar-refractivity contribution in [3.05, 3.63) is 12.4 Å². The molecule has 5 heteroatoms. The molecule has 0 unspecified atom stereocenters. The molecule has 0 amide bonds. The number of anilines is 1. The number of hydrogen-bond acceptors (Lipinski definition) is 5. The number of aliphatic hydroxyl groups is 1. The van der Waals surface area contributed by atoms with Gasteiger partial charge in [0.1, 0.15) is 0 Å². The molecule has 90 valence electrons. The number of ether oxygens (including phenoxy) is 1. The lowest BCUT2D eigenvalue weighted by molar-refractivity contribution is 0.220. The molecule has 1 heterocycles. The predicted molar refractivity (Wildman–Crippen MR) is 62.6 cm³/mol. The van der Waals surface area contributed by atoms with Crippen molar-refractivity contribution >= 4 is 5.95 Å². The Morgan fingerprint density at radius 2 is 2.00 bits per heavy atom. The molecule has 0 aliphatic rings. The highest BCUT2D eigenvalue weighted by atomic mass is 16.5. The molecular weight excluding hydrogens is 206 g/mol. The van der Waals surface area contributed by atoms with Crippen LogP contribution in [0.2, 0.25) is 0 Å². The van der Waals surface area contributed by atoms with Crippen molar-refractivity contribution in [3.8, 4) is 5.75 Å². The molecule has 1 aromatic heterocycles. The van der Waals surface area contributed by atoms with Gasteiger partial charge < -0.3 is 15.2 Å². The normalized spacial score (nSPS) is 11.2. The van der Waals surface area contributed by atoms with Gasteiger partial charge in [0.2, 0.25) is 5.95 Å². The average molecular weight is 225 g/mol. The summed E-state index contributed by atoms with van der Waals surface area (Å²) in [4.78, 5) is 8.21. The molecule has 0 bridgehead atoms. The van der Waals surface area contributed by atoms with Crippen molar-refractivity contribution < 1.29 is 9.84 Å². The van der Waals surface area contributed by atoms with Gasteiger partial charge in [0.15, 0.2) is 5.75 Å². The Labute approximate surface area is 95.9 Å². The van der Waals surface area contributed by atoms with E-state index in [1.165, 1.54) is 0 Å². The molecule has 2 N–H and O–H groups in total. The van der Waals surface area contributed by atoms with Crippen LogP contribution in [0.25, 0.3) is 0 Å². The Hall–Kier alpha value is -1.36. The summed E-state index contributed by atoms with van der Waals surface area (Å²) in [6.07, 6.45) is 3.99. The minimum atomic E-state index is 0.0258. The third-order valence-corrected chi connectivity index (χ3v) is 2.38. The molecule has 5 nitrogen and oxygen atoms in total. The average Bonchev–Trinajstić information content (AvgIpc) is 2.27. The Balaban J connectivity index is 2.48. The molecule has 1 aromatic rings. The van der Waals surface area contributed by atoms with Crippen molar-refractivity contribution in [3.63, 3.8) is 0 Å². The zero-order chi connectivity index (χ0) is 12.0. The maximum absolute atomic E-state index is 8.89. The second-order valence-electron chi connectivity index (χ2n) is 4.44. The summed E-state index contributed by atoms with van der Waals surface area (Å²) in [5, 5.41) is 12.0. The molecule has 0 aliphatic heterocycles. The van der Waals surface area contributed by atoms with Crippen LogP contribution in [0.15, 0.2) is 12.4 Å². The first kappa shape index (κ1) is 12.7. The third kappa shape index (κ3) is 4.02. The van der Waals surface area contributed by atoms with Gasteiger partial charge in [-0.1, -0.05) is 13.8 Å². The Kier molecular flexibility index (Phi) is 4.49. The van der Waals surface area contributed by atoms with Gasteiger partial charge >= 0.3 is 0 Å². The van der Waals surface area contributed by atoms with Gasteiger partial charge in [-0.25, -0.2) is 9.97 Å². The number of aliphatic hydroxyl groups excluding tert-OH is 1. The van der Waals surface area contributed by atoms with Crippen molar-refractivity contribution in [1.29, 1.82) is 0 Å². The molecule has 0 spiro atoms. The van der Waals surface area contributed by atoms with Gasteiger partial charge in [0.25, 0.3) is 0 Å². The first-order valence-corrected chi connectivity index (χ1v) is 5.28. The number of nitrogens with one attached hydrogen (secondary N) is 1. The monoisotopic (exact) mass is 225 g/mol. The highest BCUT2D eigenvalue weighted by molar-refractivity contribution is 5.27. The van der Waals surface area contributed by atoms with Gasteiger partial charge in [-0.05, 0) is 11.8 Å². The molecule has 16 heavy (non-hydrogen) atoms. The van der Waals surface area contributed by atoms with Gasteiger partial charge in [0.05, 0.1) is 19.5 Å². The lowest BCUT2D eigenvalue weighted by Crippen LogP contribution is -2.25. The summed E-state index contributed by atoms with van der Waals surface area (Å²) in [6, 6.07) is 0. The smallest absolute Gasteiger partial charge is 0.222 e. The molecule has 1 rings (SSSR count). The fourth-order valence-corrected chi connectivity index (χ4v) is 1.22. The zero-order valence-corrected chi connectivity index (χ0v) is 10.0. The summed E-state index contributed by atoms with van der Waals surface area (Å²) in [5.41, 5.74) is 0.0258. The lowest BCUT2D eigenvalue weighted by atomic mass is 9.90. The van der Waals surface area contributed by atoms with Crippen LogP contribution in [0.3, 0.4) is 0 Å². The van der Waals surface area contributed by atoms with Gasteiger partial charge in [0, 0.05) is 13.2 Å². The van der Waals surface area contributed by atoms with E-state index >= 15 is 0 Å². The van der Waals surface area contributed by atoms with E-state index in [0.717, 1.165) is 13.0 Å². The van der Waals surface area contributed by atoms with E-state index in [4.69, 9.17) is 9.84 Å². The lowest BCUT2D eigenvalue weighted by Gasteiger charge is -2.23. The summed E-state index contributed by atoms with van der Waals surface area (Å²) in [7, 11) is 1.58. The first-order valence-electron chi connectivity index (χ1n) is 5.28. The van der Waals surface area contributed by atoms with Crippen LogP contribution < -0.4 is 10.1 Å². The van der Waals surface area contributed by atoms with Crippen LogP contribution in [-0.2, 0) is 0 Å². The minimum Gasteiger partial charge on any atom is -0.494 e. The minimum absolute atomic E-state index is 0.0258. The van der Waals surface area contributed by atoms with E-state index in [9.17, 15) is 0 Å². The summed E-state index contributed by atoms with van der Waals surface area (Å²) < 4.78 is 4.97. The van der Waals surface area contributed by atoms with Crippen LogP contribution in [0.1, 0.15) is 20.3 Å². The second-order valence-corrected chi connectivity index (χ2v) is 4.44. The first-order chi connectivity index (χ1) is 7.57.